The molecule has 0 saturated heterocycles. The van der Waals surface area contributed by atoms with Gasteiger partial charge in [-0.2, -0.15) is 0 Å². The summed E-state index contributed by atoms with van der Waals surface area (Å²) in [5, 5.41) is 11.3. The van der Waals surface area contributed by atoms with Crippen molar-refractivity contribution in [3.63, 3.8) is 0 Å². The van der Waals surface area contributed by atoms with Crippen molar-refractivity contribution >= 4 is 17.9 Å². The molecule has 0 heterocycles. The molecule has 1 atom stereocenters. The van der Waals surface area contributed by atoms with Crippen molar-refractivity contribution in [3.05, 3.63) is 75.9 Å². The van der Waals surface area contributed by atoms with Gasteiger partial charge in [-0.05, 0) is 153 Å². The van der Waals surface area contributed by atoms with Crippen molar-refractivity contribution in [2.24, 2.45) is 0 Å². The van der Waals surface area contributed by atoms with E-state index in [1.807, 2.05) is 64.2 Å². The summed E-state index contributed by atoms with van der Waals surface area (Å²) in [4.78, 5) is 37.4. The summed E-state index contributed by atoms with van der Waals surface area (Å²) < 4.78 is 21.2. The number of hydrogen-bond donors (Lipinski definition) is 1. The summed E-state index contributed by atoms with van der Waals surface area (Å²) >= 11 is 0. The van der Waals surface area contributed by atoms with Gasteiger partial charge in [-0.3, -0.25) is 4.79 Å². The molecular formula is C34H47O8Zr-. The standard InChI is InChI=1S/C24H37O8.2C5H5.Zr/c1-20(2,3)29-17(25)13-14-24(28,32-23(10,11)12)16(19(27)31-22(7,8)9)15-18(26)30-21(4,5)6;2*1-2-4-5-3-1;/h28H,1-12H3;2*1-5H;/q-1;;;. The first-order chi connectivity index (χ1) is 18.9. The molecule has 0 spiro atoms. The fourth-order valence-corrected chi connectivity index (χ4v) is 2.67. The van der Waals surface area contributed by atoms with Crippen molar-refractivity contribution in [1.82, 2.24) is 0 Å². The molecule has 2 fully saturated rings. The number of carbonyl (C=O) groups excluding carboxylic acids is 3. The molecule has 0 aromatic carbocycles. The van der Waals surface area contributed by atoms with Gasteiger partial charge in [0, 0.05) is 32.1 Å². The Bertz CT molecular complexity index is 929. The zero-order chi connectivity index (χ0) is 32.8. The van der Waals surface area contributed by atoms with E-state index >= 15 is 0 Å². The van der Waals surface area contributed by atoms with E-state index in [0.717, 1.165) is 0 Å². The number of esters is 3. The maximum absolute atomic E-state index is 12.9. The topological polar surface area (TPSA) is 108 Å². The zero-order valence-corrected chi connectivity index (χ0v) is 30.0. The summed E-state index contributed by atoms with van der Waals surface area (Å²) in [6.45, 7) is 19.4. The molecule has 2 aliphatic carbocycles. The van der Waals surface area contributed by atoms with E-state index in [-0.39, 0.29) is 26.2 Å². The number of carbonyl (C=O) groups is 3. The second kappa shape index (κ2) is 19.1. The van der Waals surface area contributed by atoms with Crippen LogP contribution in [-0.4, -0.2) is 51.2 Å². The smallest absolute Gasteiger partial charge is 0.385 e. The van der Waals surface area contributed by atoms with Crippen LogP contribution in [0, 0.1) is 82.1 Å². The Hall–Kier alpha value is -1.49. The van der Waals surface area contributed by atoms with Crippen molar-refractivity contribution in [1.29, 1.82) is 0 Å². The molecular weight excluding hydrogens is 628 g/mol. The third-order valence-electron chi connectivity index (χ3n) is 3.87. The van der Waals surface area contributed by atoms with Crippen molar-refractivity contribution in [2.45, 2.75) is 111 Å². The molecule has 0 bridgehead atoms. The van der Waals surface area contributed by atoms with Gasteiger partial charge in [0.15, 0.2) is 5.97 Å². The van der Waals surface area contributed by atoms with Crippen LogP contribution in [0.2, 0.25) is 0 Å². The van der Waals surface area contributed by atoms with Gasteiger partial charge in [0.1, 0.15) is 11.2 Å². The minimum atomic E-state index is -2.73. The average molecular weight is 675 g/mol. The van der Waals surface area contributed by atoms with E-state index in [1.165, 1.54) is 0 Å². The van der Waals surface area contributed by atoms with Crippen LogP contribution in [0.4, 0.5) is 0 Å². The Morgan fingerprint density at radius 3 is 1.23 bits per heavy atom. The third-order valence-corrected chi connectivity index (χ3v) is 3.87. The summed E-state index contributed by atoms with van der Waals surface area (Å²) in [6.07, 6.45) is 22.2. The molecule has 0 amide bonds. The predicted octanol–water partition coefficient (Wildman–Crippen LogP) is 5.29. The number of ether oxygens (including phenoxy) is 4. The van der Waals surface area contributed by atoms with Gasteiger partial charge in [0.05, 0.1) is 11.2 Å². The van der Waals surface area contributed by atoms with Crippen LogP contribution >= 0.6 is 0 Å². The van der Waals surface area contributed by atoms with Crippen molar-refractivity contribution in [3.8, 4) is 11.8 Å². The van der Waals surface area contributed by atoms with E-state index < -0.39 is 51.7 Å². The molecule has 9 heteroatoms. The summed E-state index contributed by atoms with van der Waals surface area (Å²) in [5.41, 5.74) is -4.51. The zero-order valence-electron chi connectivity index (χ0n) is 27.6. The number of rotatable bonds is 4. The fourth-order valence-electron chi connectivity index (χ4n) is 2.67. The SMILES string of the molecule is CC(C)(C)OC(=O)C#CC(O)(OC(C)(C)C)C(=[C-]C(=O)OC(C)(C)C)C(=O)OC(C)(C)C.[CH]1[CH][CH][CH][CH]1.[CH]1[CH][CH][CH][CH]1.[Zr]. The minimum Gasteiger partial charge on any atom is -0.543 e. The van der Waals surface area contributed by atoms with E-state index in [9.17, 15) is 19.5 Å². The Morgan fingerprint density at radius 2 is 0.930 bits per heavy atom. The first-order valence-electron chi connectivity index (χ1n) is 13.6. The fraction of sp³-hybridized carbons (Fsp3) is 0.500. The van der Waals surface area contributed by atoms with Gasteiger partial charge in [-0.1, -0.05) is 5.57 Å². The molecule has 2 rings (SSSR count). The summed E-state index contributed by atoms with van der Waals surface area (Å²) in [7, 11) is 0. The molecule has 10 radical (unpaired) electrons. The molecule has 1 unspecified atom stereocenters. The Labute approximate surface area is 280 Å². The molecule has 1 N–H and O–H groups in total. The number of aliphatic hydroxyl groups is 1. The van der Waals surface area contributed by atoms with Crippen LogP contribution in [0.3, 0.4) is 0 Å². The molecule has 0 aliphatic heterocycles. The van der Waals surface area contributed by atoms with Crippen LogP contribution in [0.25, 0.3) is 0 Å². The third kappa shape index (κ3) is 24.5. The van der Waals surface area contributed by atoms with Crippen LogP contribution in [0.15, 0.2) is 5.57 Å². The molecule has 2 aliphatic rings. The largest absolute Gasteiger partial charge is 0.543 e. The molecule has 2 saturated carbocycles. The van der Waals surface area contributed by atoms with Gasteiger partial charge >= 0.3 is 5.97 Å². The minimum absolute atomic E-state index is 0. The first kappa shape index (κ1) is 43.6. The van der Waals surface area contributed by atoms with Gasteiger partial charge in [0.25, 0.3) is 0 Å². The first-order valence-corrected chi connectivity index (χ1v) is 13.6. The maximum Gasteiger partial charge on any atom is 0.385 e. The van der Waals surface area contributed by atoms with Crippen molar-refractivity contribution < 1.29 is 64.6 Å². The van der Waals surface area contributed by atoms with E-state index in [4.69, 9.17) is 18.9 Å². The molecule has 0 aromatic heterocycles. The normalized spacial score (nSPS) is 16.8. The second-order valence-electron chi connectivity index (χ2n) is 13.0. The Kier molecular flexibility index (Phi) is 19.4. The Balaban J connectivity index is 0. The van der Waals surface area contributed by atoms with Crippen LogP contribution in [0.5, 0.6) is 0 Å². The van der Waals surface area contributed by atoms with Crippen molar-refractivity contribution in [2.75, 3.05) is 0 Å². The summed E-state index contributed by atoms with van der Waals surface area (Å²) in [6, 6.07) is 0. The van der Waals surface area contributed by atoms with Gasteiger partial charge in [-0.25, -0.2) is 4.79 Å². The maximum atomic E-state index is 12.9. The van der Waals surface area contributed by atoms with Gasteiger partial charge in [-0.15, -0.1) is 6.08 Å². The molecule has 236 valence electrons. The van der Waals surface area contributed by atoms with Crippen LogP contribution in [0.1, 0.15) is 83.1 Å². The molecule has 8 nitrogen and oxygen atoms in total. The molecule has 0 aromatic rings. The average Bonchev–Trinajstić information content (AvgIpc) is 3.50. The second-order valence-corrected chi connectivity index (χ2v) is 13.0. The van der Waals surface area contributed by atoms with E-state index in [0.29, 0.717) is 0 Å². The van der Waals surface area contributed by atoms with E-state index in [2.05, 4.69) is 17.9 Å². The summed E-state index contributed by atoms with van der Waals surface area (Å²) in [5.74, 6) is -1.53. The Morgan fingerprint density at radius 1 is 0.581 bits per heavy atom. The van der Waals surface area contributed by atoms with E-state index in [1.54, 1.807) is 83.1 Å². The molecule has 43 heavy (non-hydrogen) atoms. The monoisotopic (exact) mass is 673 g/mol. The van der Waals surface area contributed by atoms with Crippen LogP contribution in [-0.2, 0) is 59.5 Å². The van der Waals surface area contributed by atoms with Crippen LogP contribution < -0.4 is 0 Å². The number of hydrogen-bond acceptors (Lipinski definition) is 8. The van der Waals surface area contributed by atoms with Gasteiger partial charge < -0.3 is 28.8 Å². The van der Waals surface area contributed by atoms with Gasteiger partial charge in [0.2, 0.25) is 11.8 Å². The predicted molar refractivity (Wildman–Crippen MR) is 161 cm³/mol. The quantitative estimate of drug-likeness (QED) is 0.0816.